The molecule has 19 heavy (non-hydrogen) atoms. The number of ether oxygens (including phenoxy) is 1. The lowest BCUT2D eigenvalue weighted by atomic mass is 9.98. The summed E-state index contributed by atoms with van der Waals surface area (Å²) >= 11 is 0. The SMILES string of the molecule is COc1cccc(CCN2CC(C)(C)NCC2C)c1. The first-order chi connectivity index (χ1) is 9.00. The quantitative estimate of drug-likeness (QED) is 0.901. The van der Waals surface area contributed by atoms with Gasteiger partial charge in [-0.1, -0.05) is 12.1 Å². The molecule has 0 radical (unpaired) electrons. The van der Waals surface area contributed by atoms with E-state index in [1.54, 1.807) is 7.11 Å². The van der Waals surface area contributed by atoms with Gasteiger partial charge in [0.25, 0.3) is 0 Å². The van der Waals surface area contributed by atoms with E-state index in [2.05, 4.69) is 49.2 Å². The zero-order chi connectivity index (χ0) is 13.9. The topological polar surface area (TPSA) is 24.5 Å². The Balaban J connectivity index is 1.93. The molecule has 0 spiro atoms. The smallest absolute Gasteiger partial charge is 0.119 e. The van der Waals surface area contributed by atoms with Crippen molar-refractivity contribution in [3.8, 4) is 5.75 Å². The van der Waals surface area contributed by atoms with Gasteiger partial charge in [-0.15, -0.1) is 0 Å². The molecule has 0 saturated carbocycles. The Labute approximate surface area is 116 Å². The first-order valence-corrected chi connectivity index (χ1v) is 7.12. The van der Waals surface area contributed by atoms with Crippen molar-refractivity contribution in [3.63, 3.8) is 0 Å². The molecule has 1 heterocycles. The molecule has 3 nitrogen and oxygen atoms in total. The molecule has 1 aromatic carbocycles. The maximum atomic E-state index is 5.28. The van der Waals surface area contributed by atoms with Crippen molar-refractivity contribution >= 4 is 0 Å². The van der Waals surface area contributed by atoms with E-state index in [0.29, 0.717) is 6.04 Å². The predicted molar refractivity (Wildman–Crippen MR) is 79.8 cm³/mol. The Morgan fingerprint density at radius 1 is 1.42 bits per heavy atom. The Morgan fingerprint density at radius 3 is 2.95 bits per heavy atom. The van der Waals surface area contributed by atoms with Crippen LogP contribution < -0.4 is 10.1 Å². The second kappa shape index (κ2) is 5.93. The molecule has 3 heteroatoms. The highest BCUT2D eigenvalue weighted by Gasteiger charge is 2.29. The highest BCUT2D eigenvalue weighted by molar-refractivity contribution is 5.28. The molecule has 1 aromatic rings. The molecule has 2 rings (SSSR count). The van der Waals surface area contributed by atoms with Gasteiger partial charge in [0.05, 0.1) is 7.11 Å². The zero-order valence-electron chi connectivity index (χ0n) is 12.6. The Hall–Kier alpha value is -1.06. The number of methoxy groups -OCH3 is 1. The summed E-state index contributed by atoms with van der Waals surface area (Å²) in [6, 6.07) is 9.00. The second-order valence-corrected chi connectivity index (χ2v) is 6.19. The van der Waals surface area contributed by atoms with Crippen LogP contribution in [0.1, 0.15) is 26.3 Å². The molecule has 0 bridgehead atoms. The summed E-state index contributed by atoms with van der Waals surface area (Å²) in [5, 5.41) is 3.59. The Kier molecular flexibility index (Phi) is 4.48. The number of benzene rings is 1. The van der Waals surface area contributed by atoms with Crippen LogP contribution in [0.15, 0.2) is 24.3 Å². The van der Waals surface area contributed by atoms with E-state index < -0.39 is 0 Å². The van der Waals surface area contributed by atoms with E-state index in [-0.39, 0.29) is 5.54 Å². The highest BCUT2D eigenvalue weighted by atomic mass is 16.5. The maximum Gasteiger partial charge on any atom is 0.119 e. The minimum Gasteiger partial charge on any atom is -0.497 e. The minimum absolute atomic E-state index is 0.223. The van der Waals surface area contributed by atoms with Gasteiger partial charge in [0.1, 0.15) is 5.75 Å². The maximum absolute atomic E-state index is 5.28. The Bertz CT molecular complexity index is 417. The zero-order valence-corrected chi connectivity index (χ0v) is 12.6. The molecule has 1 N–H and O–H groups in total. The minimum atomic E-state index is 0.223. The van der Waals surface area contributed by atoms with Crippen LogP contribution in [-0.4, -0.2) is 43.2 Å². The number of hydrogen-bond acceptors (Lipinski definition) is 3. The number of rotatable bonds is 4. The third-order valence-corrected chi connectivity index (χ3v) is 3.92. The fourth-order valence-electron chi connectivity index (χ4n) is 2.67. The average molecular weight is 262 g/mol. The van der Waals surface area contributed by atoms with Gasteiger partial charge in [0.2, 0.25) is 0 Å². The van der Waals surface area contributed by atoms with Crippen molar-refractivity contribution in [2.45, 2.75) is 38.8 Å². The number of nitrogens with one attached hydrogen (secondary N) is 1. The molecule has 1 unspecified atom stereocenters. The molecule has 1 saturated heterocycles. The van der Waals surface area contributed by atoms with Crippen LogP contribution in [0.2, 0.25) is 0 Å². The van der Waals surface area contributed by atoms with Gasteiger partial charge in [-0.2, -0.15) is 0 Å². The van der Waals surface area contributed by atoms with Crippen molar-refractivity contribution in [3.05, 3.63) is 29.8 Å². The van der Waals surface area contributed by atoms with Gasteiger partial charge < -0.3 is 10.1 Å². The van der Waals surface area contributed by atoms with Gasteiger partial charge >= 0.3 is 0 Å². The summed E-state index contributed by atoms with van der Waals surface area (Å²) in [4.78, 5) is 2.58. The number of nitrogens with zero attached hydrogens (tertiary/aromatic N) is 1. The lowest BCUT2D eigenvalue weighted by Crippen LogP contribution is -2.60. The lowest BCUT2D eigenvalue weighted by molar-refractivity contribution is 0.106. The molecule has 1 aliphatic rings. The first kappa shape index (κ1) is 14.4. The van der Waals surface area contributed by atoms with Gasteiger partial charge in [0.15, 0.2) is 0 Å². The van der Waals surface area contributed by atoms with Crippen LogP contribution >= 0.6 is 0 Å². The number of hydrogen-bond donors (Lipinski definition) is 1. The molecule has 106 valence electrons. The van der Waals surface area contributed by atoms with Crippen molar-refractivity contribution in [1.29, 1.82) is 0 Å². The molecule has 1 fully saturated rings. The molecular formula is C16H26N2O. The summed E-state index contributed by atoms with van der Waals surface area (Å²) in [7, 11) is 1.72. The van der Waals surface area contributed by atoms with Crippen molar-refractivity contribution < 1.29 is 4.74 Å². The fraction of sp³-hybridized carbons (Fsp3) is 0.625. The summed E-state index contributed by atoms with van der Waals surface area (Å²) in [5.41, 5.74) is 1.57. The van der Waals surface area contributed by atoms with E-state index in [1.807, 2.05) is 6.07 Å². The van der Waals surface area contributed by atoms with E-state index in [4.69, 9.17) is 4.74 Å². The normalized spacial score (nSPS) is 23.3. The molecule has 1 aliphatic heterocycles. The molecule has 0 aromatic heterocycles. The standard InChI is InChI=1S/C16H26N2O/c1-13-11-17-16(2,3)12-18(13)9-8-14-6-5-7-15(10-14)19-4/h5-7,10,13,17H,8-9,11-12H2,1-4H3. The summed E-state index contributed by atoms with van der Waals surface area (Å²) in [6.45, 7) is 10.1. The highest BCUT2D eigenvalue weighted by Crippen LogP contribution is 2.17. The van der Waals surface area contributed by atoms with Gasteiger partial charge in [-0.05, 0) is 44.9 Å². The van der Waals surface area contributed by atoms with Gasteiger partial charge in [0, 0.05) is 31.2 Å². The molecular weight excluding hydrogens is 236 g/mol. The van der Waals surface area contributed by atoms with E-state index in [1.165, 1.54) is 5.56 Å². The van der Waals surface area contributed by atoms with Crippen LogP contribution in [0.5, 0.6) is 5.75 Å². The van der Waals surface area contributed by atoms with Crippen molar-refractivity contribution in [2.75, 3.05) is 26.7 Å². The molecule has 0 amide bonds. The van der Waals surface area contributed by atoms with E-state index in [0.717, 1.165) is 31.8 Å². The third kappa shape index (κ3) is 3.95. The third-order valence-electron chi connectivity index (χ3n) is 3.92. The first-order valence-electron chi connectivity index (χ1n) is 7.12. The van der Waals surface area contributed by atoms with Crippen LogP contribution in [0, 0.1) is 0 Å². The predicted octanol–water partition coefficient (Wildman–Crippen LogP) is 2.31. The summed E-state index contributed by atoms with van der Waals surface area (Å²) in [6.07, 6.45) is 1.08. The van der Waals surface area contributed by atoms with Gasteiger partial charge in [-0.25, -0.2) is 0 Å². The second-order valence-electron chi connectivity index (χ2n) is 6.19. The van der Waals surface area contributed by atoms with Crippen molar-refractivity contribution in [2.24, 2.45) is 0 Å². The lowest BCUT2D eigenvalue weighted by Gasteiger charge is -2.43. The average Bonchev–Trinajstić information content (AvgIpc) is 2.40. The summed E-state index contributed by atoms with van der Waals surface area (Å²) in [5.74, 6) is 0.950. The van der Waals surface area contributed by atoms with E-state index in [9.17, 15) is 0 Å². The molecule has 0 aliphatic carbocycles. The van der Waals surface area contributed by atoms with E-state index >= 15 is 0 Å². The van der Waals surface area contributed by atoms with Crippen LogP contribution in [-0.2, 0) is 6.42 Å². The number of piperazine rings is 1. The van der Waals surface area contributed by atoms with Gasteiger partial charge in [-0.3, -0.25) is 4.90 Å². The van der Waals surface area contributed by atoms with Crippen LogP contribution in [0.25, 0.3) is 0 Å². The Morgan fingerprint density at radius 2 is 2.21 bits per heavy atom. The van der Waals surface area contributed by atoms with Crippen molar-refractivity contribution in [1.82, 2.24) is 10.2 Å². The van der Waals surface area contributed by atoms with Crippen LogP contribution in [0.3, 0.4) is 0 Å². The fourth-order valence-corrected chi connectivity index (χ4v) is 2.67. The largest absolute Gasteiger partial charge is 0.497 e. The monoisotopic (exact) mass is 262 g/mol. The summed E-state index contributed by atoms with van der Waals surface area (Å²) < 4.78 is 5.28. The molecule has 1 atom stereocenters. The van der Waals surface area contributed by atoms with Crippen LogP contribution in [0.4, 0.5) is 0 Å².